The number of nitrogens with one attached hydrogen (secondary N) is 2. The number of sulfonamides is 1. The molecule has 1 heterocycles. The number of ether oxygens (including phenoxy) is 1. The highest BCUT2D eigenvalue weighted by Crippen LogP contribution is 2.18. The summed E-state index contributed by atoms with van der Waals surface area (Å²) in [5.41, 5.74) is 0. The van der Waals surface area contributed by atoms with Gasteiger partial charge in [0.2, 0.25) is 10.0 Å². The SMILES string of the molecule is CCNC(=NCC(C)Oc1ccc(Cl)cc1)NCC1CCN(S(C)(=O)=O)CC1.I. The van der Waals surface area contributed by atoms with E-state index >= 15 is 0 Å². The van der Waals surface area contributed by atoms with Crippen LogP contribution in [0.1, 0.15) is 26.7 Å². The lowest BCUT2D eigenvalue weighted by Gasteiger charge is -2.30. The van der Waals surface area contributed by atoms with E-state index < -0.39 is 10.0 Å². The van der Waals surface area contributed by atoms with Crippen molar-refractivity contribution in [1.29, 1.82) is 0 Å². The molecule has 1 saturated heterocycles. The summed E-state index contributed by atoms with van der Waals surface area (Å²) in [6.07, 6.45) is 2.91. The summed E-state index contributed by atoms with van der Waals surface area (Å²) in [6.45, 7) is 7.23. The molecule has 0 radical (unpaired) electrons. The summed E-state index contributed by atoms with van der Waals surface area (Å²) in [7, 11) is -3.08. The third-order valence-corrected chi connectivity index (χ3v) is 6.16. The third kappa shape index (κ3) is 9.71. The van der Waals surface area contributed by atoms with Crippen molar-refractivity contribution in [3.05, 3.63) is 29.3 Å². The van der Waals surface area contributed by atoms with E-state index in [2.05, 4.69) is 15.6 Å². The number of hydrogen-bond donors (Lipinski definition) is 2. The summed E-state index contributed by atoms with van der Waals surface area (Å²) in [5.74, 6) is 1.95. The molecule has 2 N–H and O–H groups in total. The van der Waals surface area contributed by atoms with Crippen molar-refractivity contribution in [3.8, 4) is 5.75 Å². The van der Waals surface area contributed by atoms with Crippen LogP contribution in [0.2, 0.25) is 5.02 Å². The van der Waals surface area contributed by atoms with Gasteiger partial charge in [-0.2, -0.15) is 0 Å². The Hall–Kier alpha value is -0.780. The molecular formula is C19H32ClIN4O3S. The molecule has 0 saturated carbocycles. The molecule has 29 heavy (non-hydrogen) atoms. The van der Waals surface area contributed by atoms with Gasteiger partial charge in [0.25, 0.3) is 0 Å². The zero-order chi connectivity index (χ0) is 20.6. The summed E-state index contributed by atoms with van der Waals surface area (Å²) in [5, 5.41) is 7.29. The first-order chi connectivity index (χ1) is 13.3. The number of piperidine rings is 1. The molecule has 0 aliphatic carbocycles. The van der Waals surface area contributed by atoms with Gasteiger partial charge in [-0.05, 0) is 56.9 Å². The average molecular weight is 559 g/mol. The van der Waals surface area contributed by atoms with Gasteiger partial charge < -0.3 is 15.4 Å². The molecule has 166 valence electrons. The van der Waals surface area contributed by atoms with Crippen LogP contribution >= 0.6 is 35.6 Å². The summed E-state index contributed by atoms with van der Waals surface area (Å²) < 4.78 is 30.6. The Morgan fingerprint density at radius 2 is 1.90 bits per heavy atom. The average Bonchev–Trinajstić information content (AvgIpc) is 2.65. The van der Waals surface area contributed by atoms with E-state index in [1.54, 1.807) is 16.4 Å². The van der Waals surface area contributed by atoms with E-state index in [0.29, 0.717) is 30.6 Å². The Morgan fingerprint density at radius 3 is 2.45 bits per heavy atom. The second kappa shape index (κ2) is 12.8. The number of halogens is 2. The second-order valence-corrected chi connectivity index (χ2v) is 9.51. The first-order valence-corrected chi connectivity index (χ1v) is 11.9. The maximum Gasteiger partial charge on any atom is 0.211 e. The number of guanidine groups is 1. The van der Waals surface area contributed by atoms with Crippen molar-refractivity contribution in [3.63, 3.8) is 0 Å². The van der Waals surface area contributed by atoms with E-state index in [-0.39, 0.29) is 30.1 Å². The molecule has 1 unspecified atom stereocenters. The van der Waals surface area contributed by atoms with Crippen LogP contribution in [0, 0.1) is 5.92 Å². The molecule has 1 aromatic carbocycles. The summed E-state index contributed by atoms with van der Waals surface area (Å²) in [6, 6.07) is 7.28. The van der Waals surface area contributed by atoms with Crippen molar-refractivity contribution in [2.75, 3.05) is 39.0 Å². The van der Waals surface area contributed by atoms with E-state index in [9.17, 15) is 8.42 Å². The minimum atomic E-state index is -3.08. The van der Waals surface area contributed by atoms with E-state index in [0.717, 1.165) is 37.6 Å². The number of nitrogens with zero attached hydrogens (tertiary/aromatic N) is 2. The molecular weight excluding hydrogens is 527 g/mol. The van der Waals surface area contributed by atoms with E-state index in [1.165, 1.54) is 6.26 Å². The number of aliphatic imine (C=N–C) groups is 1. The fourth-order valence-electron chi connectivity index (χ4n) is 3.03. The largest absolute Gasteiger partial charge is 0.489 e. The highest BCUT2D eigenvalue weighted by Gasteiger charge is 2.24. The molecule has 0 amide bonds. The zero-order valence-corrected chi connectivity index (χ0v) is 21.1. The van der Waals surface area contributed by atoms with E-state index in [1.807, 2.05) is 26.0 Å². The van der Waals surface area contributed by atoms with Gasteiger partial charge in [0.15, 0.2) is 5.96 Å². The number of rotatable bonds is 8. The quantitative estimate of drug-likeness (QED) is 0.291. The molecule has 1 aliphatic heterocycles. The van der Waals surface area contributed by atoms with Gasteiger partial charge >= 0.3 is 0 Å². The van der Waals surface area contributed by atoms with Crippen molar-refractivity contribution >= 4 is 51.6 Å². The highest BCUT2D eigenvalue weighted by molar-refractivity contribution is 14.0. The lowest BCUT2D eigenvalue weighted by Crippen LogP contribution is -2.44. The smallest absolute Gasteiger partial charge is 0.211 e. The summed E-state index contributed by atoms with van der Waals surface area (Å²) >= 11 is 5.89. The Labute approximate surface area is 196 Å². The molecule has 1 aliphatic rings. The molecule has 0 aromatic heterocycles. The lowest BCUT2D eigenvalue weighted by atomic mass is 9.98. The first-order valence-electron chi connectivity index (χ1n) is 9.67. The van der Waals surface area contributed by atoms with Crippen LogP contribution in [-0.4, -0.2) is 63.8 Å². The van der Waals surface area contributed by atoms with Gasteiger partial charge in [0, 0.05) is 31.2 Å². The molecule has 10 heteroatoms. The third-order valence-electron chi connectivity index (χ3n) is 4.60. The Bertz CT molecular complexity index is 738. The molecule has 0 spiro atoms. The minimum absolute atomic E-state index is 0. The van der Waals surface area contributed by atoms with Crippen LogP contribution in [0.4, 0.5) is 0 Å². The van der Waals surface area contributed by atoms with Crippen LogP contribution in [0.5, 0.6) is 5.75 Å². The van der Waals surface area contributed by atoms with Crippen LogP contribution < -0.4 is 15.4 Å². The molecule has 1 aromatic rings. The van der Waals surface area contributed by atoms with Gasteiger partial charge in [0.05, 0.1) is 12.8 Å². The van der Waals surface area contributed by atoms with E-state index in [4.69, 9.17) is 16.3 Å². The standard InChI is InChI=1S/C19H31ClN4O3S.HI/c1-4-21-19(22-13-15(2)27-18-7-5-17(20)6-8-18)23-14-16-9-11-24(12-10-16)28(3,25)26;/h5-8,15-16H,4,9-14H2,1-3H3,(H2,21,22,23);1H. The molecule has 2 rings (SSSR count). The highest BCUT2D eigenvalue weighted by atomic mass is 127. The molecule has 7 nitrogen and oxygen atoms in total. The van der Waals surface area contributed by atoms with Crippen LogP contribution in [0.15, 0.2) is 29.3 Å². The first kappa shape index (κ1) is 26.3. The van der Waals surface area contributed by atoms with Gasteiger partial charge in [-0.3, -0.25) is 0 Å². The maximum absolute atomic E-state index is 11.6. The van der Waals surface area contributed by atoms with Crippen molar-refractivity contribution in [2.45, 2.75) is 32.8 Å². The Balaban J connectivity index is 0.00000420. The molecule has 1 fully saturated rings. The van der Waals surface area contributed by atoms with Crippen LogP contribution in [0.25, 0.3) is 0 Å². The number of hydrogen-bond acceptors (Lipinski definition) is 4. The lowest BCUT2D eigenvalue weighted by molar-refractivity contribution is 0.230. The topological polar surface area (TPSA) is 83.0 Å². The zero-order valence-electron chi connectivity index (χ0n) is 17.2. The van der Waals surface area contributed by atoms with Gasteiger partial charge in [-0.25, -0.2) is 17.7 Å². The molecule has 0 bridgehead atoms. The molecule has 1 atom stereocenters. The maximum atomic E-state index is 11.6. The van der Waals surface area contributed by atoms with Gasteiger partial charge in [-0.1, -0.05) is 11.6 Å². The second-order valence-electron chi connectivity index (χ2n) is 7.09. The monoisotopic (exact) mass is 558 g/mol. The Kier molecular flexibility index (Phi) is 11.6. The predicted octanol–water partition coefficient (Wildman–Crippen LogP) is 2.95. The normalized spacial score (nSPS) is 17.3. The van der Waals surface area contributed by atoms with Crippen molar-refractivity contribution < 1.29 is 13.2 Å². The van der Waals surface area contributed by atoms with Gasteiger partial charge in [0.1, 0.15) is 11.9 Å². The van der Waals surface area contributed by atoms with Crippen LogP contribution in [0.3, 0.4) is 0 Å². The minimum Gasteiger partial charge on any atom is -0.489 e. The van der Waals surface area contributed by atoms with Crippen LogP contribution in [-0.2, 0) is 10.0 Å². The fraction of sp³-hybridized carbons (Fsp3) is 0.632. The fourth-order valence-corrected chi connectivity index (χ4v) is 4.03. The Morgan fingerprint density at radius 1 is 1.28 bits per heavy atom. The van der Waals surface area contributed by atoms with Crippen molar-refractivity contribution in [1.82, 2.24) is 14.9 Å². The van der Waals surface area contributed by atoms with Gasteiger partial charge in [-0.15, -0.1) is 24.0 Å². The summed E-state index contributed by atoms with van der Waals surface area (Å²) in [4.78, 5) is 4.60. The predicted molar refractivity (Wildman–Crippen MR) is 130 cm³/mol. The number of benzene rings is 1. The van der Waals surface area contributed by atoms with Crippen molar-refractivity contribution in [2.24, 2.45) is 10.9 Å².